The number of hydrogen-bond acceptors (Lipinski definition) is 4. The van der Waals surface area contributed by atoms with Gasteiger partial charge in [0.2, 0.25) is 0 Å². The Morgan fingerprint density at radius 3 is 2.67 bits per heavy atom. The summed E-state index contributed by atoms with van der Waals surface area (Å²) in [6.07, 6.45) is 0.0962. The molecule has 3 atom stereocenters. The van der Waals surface area contributed by atoms with E-state index in [1.54, 1.807) is 12.1 Å². The fourth-order valence-electron chi connectivity index (χ4n) is 3.80. The normalized spacial score (nSPS) is 25.6. The zero-order valence-electron chi connectivity index (χ0n) is 15.0. The molecule has 0 aromatic heterocycles. The van der Waals surface area contributed by atoms with Gasteiger partial charge in [-0.15, -0.1) is 0 Å². The van der Waals surface area contributed by atoms with Gasteiger partial charge in [0.05, 0.1) is 31.9 Å². The number of rotatable bonds is 2. The zero-order valence-corrected chi connectivity index (χ0v) is 15.0. The van der Waals surface area contributed by atoms with Gasteiger partial charge in [0.1, 0.15) is 5.82 Å². The molecule has 0 saturated carbocycles. The molecule has 2 N–H and O–H groups in total. The number of carbonyl (C=O) groups excluding carboxylic acids is 1. The van der Waals surface area contributed by atoms with Gasteiger partial charge in [0.25, 0.3) is 5.91 Å². The number of hydrogen-bond donors (Lipinski definition) is 1. The maximum absolute atomic E-state index is 13.4. The molecular weight excluding hydrogens is 347 g/mol. The molecule has 0 radical (unpaired) electrons. The van der Waals surface area contributed by atoms with Crippen LogP contribution >= 0.6 is 0 Å². The van der Waals surface area contributed by atoms with Crippen molar-refractivity contribution in [1.82, 2.24) is 4.90 Å². The number of nitrogens with zero attached hydrogens (tertiary/aromatic N) is 1. The monoisotopic (exact) mass is 370 g/mol. The number of benzene rings is 2. The average molecular weight is 370 g/mol. The quantitative estimate of drug-likeness (QED) is 0.879. The molecule has 2 aromatic rings. The van der Waals surface area contributed by atoms with Gasteiger partial charge in [-0.25, -0.2) is 4.39 Å². The highest BCUT2D eigenvalue weighted by atomic mass is 19.1. The summed E-state index contributed by atoms with van der Waals surface area (Å²) in [4.78, 5) is 15.1. The van der Waals surface area contributed by atoms with Gasteiger partial charge < -0.3 is 20.1 Å². The lowest BCUT2D eigenvalue weighted by Crippen LogP contribution is -2.47. The Bertz CT molecular complexity index is 811. The smallest absolute Gasteiger partial charge is 0.254 e. The Labute approximate surface area is 157 Å². The molecule has 0 aliphatic carbocycles. The van der Waals surface area contributed by atoms with Crippen LogP contribution in [0.15, 0.2) is 48.5 Å². The van der Waals surface area contributed by atoms with Gasteiger partial charge in [-0.1, -0.05) is 36.4 Å². The molecule has 1 fully saturated rings. The van der Waals surface area contributed by atoms with Crippen LogP contribution < -0.4 is 5.73 Å². The van der Waals surface area contributed by atoms with E-state index in [0.717, 1.165) is 17.5 Å². The molecule has 142 valence electrons. The minimum Gasteiger partial charge on any atom is -0.376 e. The average Bonchev–Trinajstić information content (AvgIpc) is 2.92. The summed E-state index contributed by atoms with van der Waals surface area (Å²) in [5.74, 6) is -0.414. The molecular formula is C21H23FN2O3. The summed E-state index contributed by atoms with van der Waals surface area (Å²) in [5, 5.41) is 0. The van der Waals surface area contributed by atoms with E-state index in [1.165, 1.54) is 17.7 Å². The van der Waals surface area contributed by atoms with E-state index in [0.29, 0.717) is 19.8 Å². The second kappa shape index (κ2) is 7.76. The molecule has 2 heterocycles. The molecule has 1 amide bonds. The van der Waals surface area contributed by atoms with Crippen LogP contribution in [0.3, 0.4) is 0 Å². The van der Waals surface area contributed by atoms with Crippen molar-refractivity contribution in [2.75, 3.05) is 26.4 Å². The van der Waals surface area contributed by atoms with E-state index in [1.807, 2.05) is 23.1 Å². The number of fused-ring (bicyclic) bond motifs is 1. The van der Waals surface area contributed by atoms with Crippen molar-refractivity contribution < 1.29 is 18.7 Å². The van der Waals surface area contributed by atoms with Crippen LogP contribution in [-0.4, -0.2) is 49.3 Å². The fourth-order valence-corrected chi connectivity index (χ4v) is 3.80. The largest absolute Gasteiger partial charge is 0.376 e. The van der Waals surface area contributed by atoms with E-state index in [4.69, 9.17) is 15.2 Å². The van der Waals surface area contributed by atoms with Gasteiger partial charge in [-0.05, 0) is 35.2 Å². The van der Waals surface area contributed by atoms with Crippen molar-refractivity contribution in [3.05, 3.63) is 71.0 Å². The first-order chi connectivity index (χ1) is 13.1. The van der Waals surface area contributed by atoms with Gasteiger partial charge in [0.15, 0.2) is 6.10 Å². The van der Waals surface area contributed by atoms with Crippen LogP contribution in [0.2, 0.25) is 0 Å². The van der Waals surface area contributed by atoms with Gasteiger partial charge in [-0.3, -0.25) is 4.79 Å². The van der Waals surface area contributed by atoms with Crippen LogP contribution in [0.1, 0.15) is 22.7 Å². The second-order valence-corrected chi connectivity index (χ2v) is 7.05. The van der Waals surface area contributed by atoms with E-state index in [-0.39, 0.29) is 30.4 Å². The van der Waals surface area contributed by atoms with Crippen molar-refractivity contribution in [2.24, 2.45) is 5.73 Å². The molecule has 6 heteroatoms. The SMILES string of the molecule is N[C@H]1COC[C@@H](C(=O)N2CCc3ccccc3[C@@H]2c2ccc(F)cc2)OC1. The third kappa shape index (κ3) is 3.74. The Morgan fingerprint density at radius 1 is 1.07 bits per heavy atom. The van der Waals surface area contributed by atoms with Crippen LogP contribution in [-0.2, 0) is 20.7 Å². The first-order valence-corrected chi connectivity index (χ1v) is 9.22. The van der Waals surface area contributed by atoms with Crippen molar-refractivity contribution >= 4 is 5.91 Å². The number of ether oxygens (including phenoxy) is 2. The lowest BCUT2D eigenvalue weighted by Gasteiger charge is -2.39. The van der Waals surface area contributed by atoms with E-state index >= 15 is 0 Å². The van der Waals surface area contributed by atoms with Crippen LogP contribution in [0.4, 0.5) is 4.39 Å². The minimum atomic E-state index is -0.674. The molecule has 0 bridgehead atoms. The number of nitrogens with two attached hydrogens (primary N) is 1. The number of halogens is 1. The maximum atomic E-state index is 13.4. The first-order valence-electron chi connectivity index (χ1n) is 9.22. The first kappa shape index (κ1) is 18.1. The Morgan fingerprint density at radius 2 is 1.85 bits per heavy atom. The molecule has 4 rings (SSSR count). The summed E-state index contributed by atoms with van der Waals surface area (Å²) in [6, 6.07) is 13.9. The summed E-state index contributed by atoms with van der Waals surface area (Å²) < 4.78 is 24.7. The number of amides is 1. The molecule has 2 aliphatic heterocycles. The predicted molar refractivity (Wildman–Crippen MR) is 98.6 cm³/mol. The fraction of sp³-hybridized carbons (Fsp3) is 0.381. The highest BCUT2D eigenvalue weighted by Gasteiger charge is 2.36. The molecule has 0 unspecified atom stereocenters. The van der Waals surface area contributed by atoms with Crippen molar-refractivity contribution in [3.63, 3.8) is 0 Å². The van der Waals surface area contributed by atoms with E-state index < -0.39 is 6.10 Å². The number of carbonyl (C=O) groups is 1. The van der Waals surface area contributed by atoms with Crippen LogP contribution in [0, 0.1) is 5.82 Å². The van der Waals surface area contributed by atoms with Crippen molar-refractivity contribution in [2.45, 2.75) is 24.6 Å². The topological polar surface area (TPSA) is 64.8 Å². The maximum Gasteiger partial charge on any atom is 0.254 e. The summed E-state index contributed by atoms with van der Waals surface area (Å²) in [5.41, 5.74) is 9.01. The molecule has 27 heavy (non-hydrogen) atoms. The molecule has 2 aromatic carbocycles. The van der Waals surface area contributed by atoms with Crippen molar-refractivity contribution in [1.29, 1.82) is 0 Å². The van der Waals surface area contributed by atoms with Gasteiger partial charge in [0, 0.05) is 6.54 Å². The summed E-state index contributed by atoms with van der Waals surface area (Å²) in [7, 11) is 0. The zero-order chi connectivity index (χ0) is 18.8. The van der Waals surface area contributed by atoms with Crippen molar-refractivity contribution in [3.8, 4) is 0 Å². The van der Waals surface area contributed by atoms with E-state index in [9.17, 15) is 9.18 Å². The Balaban J connectivity index is 1.68. The standard InChI is InChI=1S/C21H23FN2O3/c22-16-7-5-15(6-8-16)20-18-4-2-1-3-14(18)9-10-24(20)21(25)19-13-26-11-17(23)12-27-19/h1-8,17,19-20H,9-13,23H2/t17-,19-,20-/m0/s1. The minimum absolute atomic E-state index is 0.118. The van der Waals surface area contributed by atoms with Gasteiger partial charge in [-0.2, -0.15) is 0 Å². The lowest BCUT2D eigenvalue weighted by atomic mass is 9.88. The lowest BCUT2D eigenvalue weighted by molar-refractivity contribution is -0.147. The summed E-state index contributed by atoms with van der Waals surface area (Å²) >= 11 is 0. The third-order valence-corrected chi connectivity index (χ3v) is 5.14. The van der Waals surface area contributed by atoms with Gasteiger partial charge >= 0.3 is 0 Å². The van der Waals surface area contributed by atoms with E-state index in [2.05, 4.69) is 6.07 Å². The Kier molecular flexibility index (Phi) is 5.20. The highest BCUT2D eigenvalue weighted by molar-refractivity contribution is 5.82. The van der Waals surface area contributed by atoms with Crippen LogP contribution in [0.5, 0.6) is 0 Å². The van der Waals surface area contributed by atoms with Crippen LogP contribution in [0.25, 0.3) is 0 Å². The second-order valence-electron chi connectivity index (χ2n) is 7.05. The predicted octanol–water partition coefficient (Wildman–Crippen LogP) is 2.04. The molecule has 1 saturated heterocycles. The molecule has 5 nitrogen and oxygen atoms in total. The highest BCUT2D eigenvalue weighted by Crippen LogP contribution is 2.35. The third-order valence-electron chi connectivity index (χ3n) is 5.14. The molecule has 2 aliphatic rings. The Hall–Kier alpha value is -2.28. The molecule has 0 spiro atoms. The summed E-state index contributed by atoms with van der Waals surface area (Å²) in [6.45, 7) is 1.45.